The van der Waals surface area contributed by atoms with Crippen molar-refractivity contribution in [2.75, 3.05) is 32.9 Å². The minimum atomic E-state index is -0.683. The number of benzene rings is 2. The van der Waals surface area contributed by atoms with Crippen LogP contribution in [0.25, 0.3) is 0 Å². The Morgan fingerprint density at radius 3 is 2.34 bits per heavy atom. The number of ketones is 1. The first-order chi connectivity index (χ1) is 15.5. The molecule has 1 amide bonds. The topological polar surface area (TPSA) is 74.3 Å². The maximum absolute atomic E-state index is 13.4. The van der Waals surface area contributed by atoms with Crippen molar-refractivity contribution in [3.63, 3.8) is 0 Å². The Kier molecular flexibility index (Phi) is 6.26. The summed E-state index contributed by atoms with van der Waals surface area (Å²) in [4.78, 5) is 27.8. The van der Waals surface area contributed by atoms with Crippen LogP contribution in [0.2, 0.25) is 0 Å². The van der Waals surface area contributed by atoms with E-state index >= 15 is 0 Å². The van der Waals surface area contributed by atoms with Gasteiger partial charge in [0.2, 0.25) is 5.75 Å². The van der Waals surface area contributed by atoms with E-state index in [1.54, 1.807) is 23.1 Å². The van der Waals surface area contributed by atoms with Crippen LogP contribution in [0, 0.1) is 0 Å². The van der Waals surface area contributed by atoms with Gasteiger partial charge in [-0.05, 0) is 45.0 Å². The van der Waals surface area contributed by atoms with Crippen LogP contribution < -0.4 is 18.9 Å². The number of amides is 1. The summed E-state index contributed by atoms with van der Waals surface area (Å²) in [6.07, 6.45) is 0.873. The molecule has 2 heterocycles. The second-order valence-corrected chi connectivity index (χ2v) is 7.96. The third-order valence-electron chi connectivity index (χ3n) is 5.76. The van der Waals surface area contributed by atoms with Crippen molar-refractivity contribution >= 4 is 11.7 Å². The van der Waals surface area contributed by atoms with E-state index in [9.17, 15) is 9.59 Å². The normalized spacial score (nSPS) is 19.5. The number of ether oxygens (including phenoxy) is 4. The van der Waals surface area contributed by atoms with Gasteiger partial charge in [0.1, 0.15) is 11.4 Å². The molecule has 2 aromatic carbocycles. The number of carbonyl (C=O) groups excluding carboxylic acids is 2. The highest BCUT2D eigenvalue weighted by molar-refractivity contribution is 6.01. The predicted molar refractivity (Wildman–Crippen MR) is 119 cm³/mol. The fourth-order valence-corrected chi connectivity index (χ4v) is 4.38. The molecule has 0 saturated carbocycles. The largest absolute Gasteiger partial charge is 0.490 e. The highest BCUT2D eigenvalue weighted by Gasteiger charge is 2.47. The second-order valence-electron chi connectivity index (χ2n) is 7.96. The molecule has 4 rings (SSSR count). The van der Waals surface area contributed by atoms with Gasteiger partial charge in [-0.1, -0.05) is 12.1 Å². The molecule has 0 aliphatic carbocycles. The molecule has 0 aromatic heterocycles. The van der Waals surface area contributed by atoms with Crippen LogP contribution in [0.5, 0.6) is 23.0 Å². The number of nitrogens with zero attached hydrogens (tertiary/aromatic N) is 1. The Hall–Kier alpha value is -3.22. The average molecular weight is 440 g/mol. The summed E-state index contributed by atoms with van der Waals surface area (Å²) < 4.78 is 23.5. The molecule has 170 valence electrons. The lowest BCUT2D eigenvalue weighted by atomic mass is 9.89. The molecule has 2 aliphatic rings. The van der Waals surface area contributed by atoms with Gasteiger partial charge in [-0.25, -0.2) is 0 Å². The molecule has 7 nitrogen and oxygen atoms in total. The maximum atomic E-state index is 13.4. The van der Waals surface area contributed by atoms with E-state index in [1.165, 1.54) is 0 Å². The zero-order valence-corrected chi connectivity index (χ0v) is 18.8. The first-order valence-electron chi connectivity index (χ1n) is 11.2. The van der Waals surface area contributed by atoms with Gasteiger partial charge in [0.05, 0.1) is 38.3 Å². The Balaban J connectivity index is 1.59. The maximum Gasteiger partial charge on any atom is 0.254 e. The smallest absolute Gasteiger partial charge is 0.254 e. The first kappa shape index (κ1) is 22.0. The highest BCUT2D eigenvalue weighted by Crippen LogP contribution is 2.41. The number of hydrogen-bond donors (Lipinski definition) is 0. The SMILES string of the molecule is CCOc1cc(C(=O)N2CCC3(CC(=O)c4ccccc4O3)C2)cc(OCC)c1OCC. The summed E-state index contributed by atoms with van der Waals surface area (Å²) in [6.45, 7) is 7.83. The lowest BCUT2D eigenvalue weighted by molar-refractivity contribution is 0.0428. The van der Waals surface area contributed by atoms with Crippen molar-refractivity contribution in [1.29, 1.82) is 0 Å². The molecule has 1 spiro atoms. The van der Waals surface area contributed by atoms with Crippen molar-refractivity contribution in [1.82, 2.24) is 4.90 Å². The molecule has 0 bridgehead atoms. The number of para-hydroxylation sites is 1. The standard InChI is InChI=1S/C25H29NO6/c1-4-29-21-13-17(14-22(30-5-2)23(21)31-6-3)24(28)26-12-11-25(16-26)15-19(27)18-9-7-8-10-20(18)32-25/h7-10,13-14H,4-6,11-12,15-16H2,1-3H3. The minimum absolute atomic E-state index is 0.0551. The highest BCUT2D eigenvalue weighted by atomic mass is 16.5. The predicted octanol–water partition coefficient (Wildman–Crippen LogP) is 4.13. The molecule has 2 aromatic rings. The zero-order valence-electron chi connectivity index (χ0n) is 18.8. The summed E-state index contributed by atoms with van der Waals surface area (Å²) in [5, 5.41) is 0. The summed E-state index contributed by atoms with van der Waals surface area (Å²) in [7, 11) is 0. The Bertz CT molecular complexity index is 992. The van der Waals surface area contributed by atoms with Crippen LogP contribution in [-0.4, -0.2) is 55.1 Å². The number of likely N-dealkylation sites (tertiary alicyclic amines) is 1. The van der Waals surface area contributed by atoms with E-state index in [0.717, 1.165) is 0 Å². The van der Waals surface area contributed by atoms with E-state index in [1.807, 2.05) is 39.0 Å². The van der Waals surface area contributed by atoms with Gasteiger partial charge in [-0.2, -0.15) is 0 Å². The van der Waals surface area contributed by atoms with Crippen molar-refractivity contribution in [2.45, 2.75) is 39.2 Å². The van der Waals surface area contributed by atoms with Gasteiger partial charge < -0.3 is 23.8 Å². The Morgan fingerprint density at radius 1 is 1.03 bits per heavy atom. The van der Waals surface area contributed by atoms with Crippen LogP contribution in [0.15, 0.2) is 36.4 Å². The molecule has 0 N–H and O–H groups in total. The molecule has 0 radical (unpaired) electrons. The second kappa shape index (κ2) is 9.10. The van der Waals surface area contributed by atoms with Crippen molar-refractivity contribution in [3.05, 3.63) is 47.5 Å². The lowest BCUT2D eigenvalue weighted by Gasteiger charge is -2.34. The summed E-state index contributed by atoms with van der Waals surface area (Å²) in [6, 6.07) is 10.7. The van der Waals surface area contributed by atoms with Gasteiger partial charge in [0, 0.05) is 18.5 Å². The third-order valence-corrected chi connectivity index (χ3v) is 5.76. The van der Waals surface area contributed by atoms with Gasteiger partial charge in [0.15, 0.2) is 17.3 Å². The van der Waals surface area contributed by atoms with Crippen molar-refractivity contribution < 1.29 is 28.5 Å². The Labute approximate surface area is 188 Å². The van der Waals surface area contributed by atoms with E-state index < -0.39 is 5.60 Å². The molecule has 1 fully saturated rings. The number of Topliss-reactive ketones (excluding diaryl/α,β-unsaturated/α-hetero) is 1. The quantitative estimate of drug-likeness (QED) is 0.646. The third kappa shape index (κ3) is 4.11. The van der Waals surface area contributed by atoms with Crippen molar-refractivity contribution in [2.24, 2.45) is 0 Å². The number of hydrogen-bond acceptors (Lipinski definition) is 6. The van der Waals surface area contributed by atoms with E-state index in [2.05, 4.69) is 0 Å². The minimum Gasteiger partial charge on any atom is -0.490 e. The van der Waals surface area contributed by atoms with E-state index in [-0.39, 0.29) is 18.1 Å². The summed E-state index contributed by atoms with van der Waals surface area (Å²) in [5.74, 6) is 1.97. The first-order valence-corrected chi connectivity index (χ1v) is 11.2. The van der Waals surface area contributed by atoms with Gasteiger partial charge >= 0.3 is 0 Å². The van der Waals surface area contributed by atoms with Crippen molar-refractivity contribution in [3.8, 4) is 23.0 Å². The molecule has 1 unspecified atom stereocenters. The molecule has 7 heteroatoms. The fraction of sp³-hybridized carbons (Fsp3) is 0.440. The molecule has 1 atom stereocenters. The molecule has 1 saturated heterocycles. The molecule has 2 aliphatic heterocycles. The van der Waals surface area contributed by atoms with Gasteiger partial charge in [0.25, 0.3) is 5.91 Å². The van der Waals surface area contributed by atoms with E-state index in [4.69, 9.17) is 18.9 Å². The van der Waals surface area contributed by atoms with Crippen LogP contribution in [0.4, 0.5) is 0 Å². The van der Waals surface area contributed by atoms with E-state index in [0.29, 0.717) is 73.5 Å². The summed E-state index contributed by atoms with van der Waals surface area (Å²) >= 11 is 0. The molecule has 32 heavy (non-hydrogen) atoms. The zero-order chi connectivity index (χ0) is 22.7. The molecular formula is C25H29NO6. The van der Waals surface area contributed by atoms with Crippen LogP contribution in [0.3, 0.4) is 0 Å². The Morgan fingerprint density at radius 2 is 1.69 bits per heavy atom. The van der Waals surface area contributed by atoms with Crippen LogP contribution >= 0.6 is 0 Å². The fourth-order valence-electron chi connectivity index (χ4n) is 4.38. The lowest BCUT2D eigenvalue weighted by Crippen LogP contribution is -2.45. The van der Waals surface area contributed by atoms with Gasteiger partial charge in [-0.3, -0.25) is 9.59 Å². The average Bonchev–Trinajstić information content (AvgIpc) is 3.18. The molecular weight excluding hydrogens is 410 g/mol. The monoisotopic (exact) mass is 439 g/mol. The van der Waals surface area contributed by atoms with Crippen LogP contribution in [-0.2, 0) is 0 Å². The van der Waals surface area contributed by atoms with Gasteiger partial charge in [-0.15, -0.1) is 0 Å². The number of rotatable bonds is 7. The summed E-state index contributed by atoms with van der Waals surface area (Å²) in [5.41, 5.74) is 0.384. The number of fused-ring (bicyclic) bond motifs is 1. The van der Waals surface area contributed by atoms with Crippen LogP contribution in [0.1, 0.15) is 54.3 Å². The number of carbonyl (C=O) groups is 2.